The molecule has 132 valence electrons. The van der Waals surface area contributed by atoms with E-state index in [9.17, 15) is 9.59 Å². The molecular formula is C18H26ClN3O2. The zero-order chi connectivity index (χ0) is 16.4. The van der Waals surface area contributed by atoms with E-state index < -0.39 is 0 Å². The largest absolute Gasteiger partial charge is 0.352 e. The molecule has 0 aromatic heterocycles. The topological polar surface area (TPSA) is 70.2 Å². The molecule has 2 fully saturated rings. The first-order valence-electron chi connectivity index (χ1n) is 8.46. The zero-order valence-corrected chi connectivity index (χ0v) is 15.1. The number of benzene rings is 1. The Morgan fingerprint density at radius 2 is 2.00 bits per heavy atom. The molecule has 1 aliphatic carbocycles. The van der Waals surface area contributed by atoms with Crippen molar-refractivity contribution >= 4 is 29.9 Å². The van der Waals surface area contributed by atoms with Gasteiger partial charge in [-0.3, -0.25) is 9.59 Å². The number of amides is 2. The molecule has 1 atom stereocenters. The lowest BCUT2D eigenvalue weighted by Crippen LogP contribution is -2.31. The number of hydrogen-bond donors (Lipinski definition) is 3. The van der Waals surface area contributed by atoms with Gasteiger partial charge in [0.1, 0.15) is 0 Å². The third-order valence-corrected chi connectivity index (χ3v) is 5.20. The minimum atomic E-state index is -0.107. The molecule has 1 unspecified atom stereocenters. The lowest BCUT2D eigenvalue weighted by Gasteiger charge is -2.23. The van der Waals surface area contributed by atoms with Crippen molar-refractivity contribution in [2.24, 2.45) is 11.3 Å². The standard InChI is InChI=1S/C18H25N3O2.ClH/c1-3-20-16(22)13-5-4-12(2)15(10-13)21-17(23)14-11-18(14)6-8-19-9-7-18;/h4-5,10,14,19H,3,6-9,11H2,1-2H3,(H,20,22)(H,21,23);1H. The summed E-state index contributed by atoms with van der Waals surface area (Å²) in [7, 11) is 0. The number of hydrogen-bond acceptors (Lipinski definition) is 3. The first-order valence-corrected chi connectivity index (χ1v) is 8.46. The predicted octanol–water partition coefficient (Wildman–Crippen LogP) is 2.49. The van der Waals surface area contributed by atoms with E-state index >= 15 is 0 Å². The van der Waals surface area contributed by atoms with Gasteiger partial charge in [-0.15, -0.1) is 12.4 Å². The Kier molecular flexibility index (Phi) is 5.88. The molecule has 1 heterocycles. The van der Waals surface area contributed by atoms with E-state index in [1.807, 2.05) is 19.9 Å². The highest BCUT2D eigenvalue weighted by Crippen LogP contribution is 2.58. The van der Waals surface area contributed by atoms with Crippen LogP contribution in [0.15, 0.2) is 18.2 Å². The molecule has 1 saturated carbocycles. The van der Waals surface area contributed by atoms with Gasteiger partial charge in [-0.2, -0.15) is 0 Å². The quantitative estimate of drug-likeness (QED) is 0.780. The van der Waals surface area contributed by atoms with Crippen LogP contribution in [-0.2, 0) is 4.79 Å². The number of aryl methyl sites for hydroxylation is 1. The Morgan fingerprint density at radius 1 is 1.29 bits per heavy atom. The van der Waals surface area contributed by atoms with Gasteiger partial charge in [-0.25, -0.2) is 0 Å². The van der Waals surface area contributed by atoms with Crippen LogP contribution in [0.2, 0.25) is 0 Å². The maximum atomic E-state index is 12.6. The third-order valence-electron chi connectivity index (χ3n) is 5.20. The van der Waals surface area contributed by atoms with E-state index in [4.69, 9.17) is 0 Å². The summed E-state index contributed by atoms with van der Waals surface area (Å²) in [6, 6.07) is 5.45. The Morgan fingerprint density at radius 3 is 2.67 bits per heavy atom. The molecule has 1 saturated heterocycles. The second-order valence-corrected chi connectivity index (χ2v) is 6.75. The summed E-state index contributed by atoms with van der Waals surface area (Å²) < 4.78 is 0. The van der Waals surface area contributed by atoms with Crippen LogP contribution < -0.4 is 16.0 Å². The van der Waals surface area contributed by atoms with E-state index in [-0.39, 0.29) is 35.6 Å². The summed E-state index contributed by atoms with van der Waals surface area (Å²) >= 11 is 0. The number of nitrogens with one attached hydrogen (secondary N) is 3. The van der Waals surface area contributed by atoms with Crippen molar-refractivity contribution in [2.45, 2.75) is 33.1 Å². The van der Waals surface area contributed by atoms with Crippen molar-refractivity contribution in [2.75, 3.05) is 25.0 Å². The Bertz CT molecular complexity index is 627. The number of carbonyl (C=O) groups excluding carboxylic acids is 2. The Hall–Kier alpha value is -1.59. The normalized spacial score (nSPS) is 20.8. The molecule has 0 bridgehead atoms. The van der Waals surface area contributed by atoms with Crippen molar-refractivity contribution in [1.82, 2.24) is 10.6 Å². The Balaban J connectivity index is 0.00000208. The van der Waals surface area contributed by atoms with Gasteiger partial charge < -0.3 is 16.0 Å². The second kappa shape index (κ2) is 7.53. The minimum Gasteiger partial charge on any atom is -0.352 e. The third kappa shape index (κ3) is 3.73. The average Bonchev–Trinajstić information content (AvgIpc) is 3.23. The summed E-state index contributed by atoms with van der Waals surface area (Å²) in [6.45, 7) is 6.45. The van der Waals surface area contributed by atoms with Gasteiger partial charge in [0.15, 0.2) is 0 Å². The SMILES string of the molecule is CCNC(=O)c1ccc(C)c(NC(=O)C2CC23CCNCC3)c1.Cl. The van der Waals surface area contributed by atoms with Gasteiger partial charge in [0.25, 0.3) is 5.91 Å². The van der Waals surface area contributed by atoms with Crippen LogP contribution in [0.25, 0.3) is 0 Å². The summed E-state index contributed by atoms with van der Waals surface area (Å²) in [5, 5.41) is 9.18. The lowest BCUT2D eigenvalue weighted by atomic mass is 9.91. The van der Waals surface area contributed by atoms with Gasteiger partial charge in [-0.1, -0.05) is 6.07 Å². The second-order valence-electron chi connectivity index (χ2n) is 6.75. The fourth-order valence-corrected chi connectivity index (χ4v) is 3.58. The highest BCUT2D eigenvalue weighted by atomic mass is 35.5. The first kappa shape index (κ1) is 18.7. The fourth-order valence-electron chi connectivity index (χ4n) is 3.58. The van der Waals surface area contributed by atoms with Crippen molar-refractivity contribution < 1.29 is 9.59 Å². The smallest absolute Gasteiger partial charge is 0.251 e. The average molecular weight is 352 g/mol. The minimum absolute atomic E-state index is 0. The number of anilines is 1. The van der Waals surface area contributed by atoms with Crippen LogP contribution in [0.4, 0.5) is 5.69 Å². The molecule has 2 aliphatic rings. The van der Waals surface area contributed by atoms with Crippen LogP contribution >= 0.6 is 12.4 Å². The van der Waals surface area contributed by atoms with E-state index in [0.717, 1.165) is 43.6 Å². The van der Waals surface area contributed by atoms with E-state index in [1.54, 1.807) is 12.1 Å². The number of halogens is 1. The molecule has 1 aromatic carbocycles. The van der Waals surface area contributed by atoms with Crippen molar-refractivity contribution in [3.05, 3.63) is 29.3 Å². The highest BCUT2D eigenvalue weighted by Gasteiger charge is 2.57. The highest BCUT2D eigenvalue weighted by molar-refractivity contribution is 5.99. The summed E-state index contributed by atoms with van der Waals surface area (Å²) in [6.07, 6.45) is 3.17. The number of piperidine rings is 1. The van der Waals surface area contributed by atoms with E-state index in [1.165, 1.54) is 0 Å². The van der Waals surface area contributed by atoms with Gasteiger partial charge in [-0.05, 0) is 69.3 Å². The van der Waals surface area contributed by atoms with Crippen LogP contribution in [-0.4, -0.2) is 31.4 Å². The molecule has 1 spiro atoms. The summed E-state index contributed by atoms with van der Waals surface area (Å²) in [5.74, 6) is 0.115. The van der Waals surface area contributed by atoms with Crippen molar-refractivity contribution in [1.29, 1.82) is 0 Å². The number of rotatable bonds is 4. The van der Waals surface area contributed by atoms with Crippen LogP contribution in [0.3, 0.4) is 0 Å². The monoisotopic (exact) mass is 351 g/mol. The molecule has 2 amide bonds. The van der Waals surface area contributed by atoms with Crippen molar-refractivity contribution in [3.8, 4) is 0 Å². The van der Waals surface area contributed by atoms with Crippen LogP contribution in [0.1, 0.15) is 42.1 Å². The lowest BCUT2D eigenvalue weighted by molar-refractivity contribution is -0.118. The van der Waals surface area contributed by atoms with Crippen LogP contribution in [0, 0.1) is 18.3 Å². The molecule has 0 radical (unpaired) electrons. The fraction of sp³-hybridized carbons (Fsp3) is 0.556. The van der Waals surface area contributed by atoms with Crippen molar-refractivity contribution in [3.63, 3.8) is 0 Å². The number of carbonyl (C=O) groups is 2. The molecule has 6 heteroatoms. The molecule has 1 aromatic rings. The van der Waals surface area contributed by atoms with E-state index in [0.29, 0.717) is 12.1 Å². The summed E-state index contributed by atoms with van der Waals surface area (Å²) in [4.78, 5) is 24.5. The van der Waals surface area contributed by atoms with Gasteiger partial charge in [0, 0.05) is 23.7 Å². The Labute approximate surface area is 149 Å². The van der Waals surface area contributed by atoms with Crippen LogP contribution in [0.5, 0.6) is 0 Å². The zero-order valence-electron chi connectivity index (χ0n) is 14.3. The molecule has 1 aliphatic heterocycles. The van der Waals surface area contributed by atoms with Gasteiger partial charge in [0.2, 0.25) is 5.91 Å². The molecule has 3 N–H and O–H groups in total. The molecule has 24 heavy (non-hydrogen) atoms. The first-order chi connectivity index (χ1) is 11.1. The van der Waals surface area contributed by atoms with E-state index in [2.05, 4.69) is 16.0 Å². The maximum Gasteiger partial charge on any atom is 0.251 e. The maximum absolute atomic E-state index is 12.6. The molecule has 5 nitrogen and oxygen atoms in total. The predicted molar refractivity (Wildman–Crippen MR) is 97.7 cm³/mol. The molecule has 3 rings (SSSR count). The summed E-state index contributed by atoms with van der Waals surface area (Å²) in [5.41, 5.74) is 2.53. The van der Waals surface area contributed by atoms with Gasteiger partial charge >= 0.3 is 0 Å². The van der Waals surface area contributed by atoms with Gasteiger partial charge in [0.05, 0.1) is 0 Å². The molecular weight excluding hydrogens is 326 g/mol.